The van der Waals surface area contributed by atoms with E-state index >= 15 is 0 Å². The van der Waals surface area contributed by atoms with Crippen LogP contribution in [0.15, 0.2) is 47.4 Å². The summed E-state index contributed by atoms with van der Waals surface area (Å²) in [5.41, 5.74) is -2.78. The Morgan fingerprint density at radius 2 is 1.63 bits per heavy atom. The van der Waals surface area contributed by atoms with Crippen LogP contribution in [-0.4, -0.2) is 74.0 Å². The van der Waals surface area contributed by atoms with E-state index in [0.29, 0.717) is 23.0 Å². The molecule has 0 bridgehead atoms. The number of carboxylic acid groups (broad SMARTS) is 1. The van der Waals surface area contributed by atoms with E-state index in [2.05, 4.69) is 29.4 Å². The van der Waals surface area contributed by atoms with Gasteiger partial charge in [0.1, 0.15) is 0 Å². The zero-order valence-corrected chi connectivity index (χ0v) is 23.3. The lowest BCUT2D eigenvalue weighted by Gasteiger charge is -2.43. The van der Waals surface area contributed by atoms with Gasteiger partial charge in [-0.05, 0) is 86.0 Å². The molecule has 1 amide bonds. The van der Waals surface area contributed by atoms with Gasteiger partial charge in [0, 0.05) is 35.0 Å². The molecule has 2 aromatic rings. The van der Waals surface area contributed by atoms with Gasteiger partial charge < -0.3 is 24.8 Å². The van der Waals surface area contributed by atoms with E-state index < -0.39 is 17.7 Å². The smallest absolute Gasteiger partial charge is 0.490 e. The maximum Gasteiger partial charge on any atom is 0.490 e. The molecule has 1 saturated heterocycles. The third-order valence-electron chi connectivity index (χ3n) is 7.26. The highest BCUT2D eigenvalue weighted by Gasteiger charge is 2.50. The average Bonchev–Trinajstić information content (AvgIpc) is 3.23. The number of likely N-dealkylation sites (tertiary alicyclic amines) is 1. The molecule has 1 heterocycles. The van der Waals surface area contributed by atoms with Gasteiger partial charge in [-0.25, -0.2) is 4.79 Å². The first-order valence-electron chi connectivity index (χ1n) is 12.5. The number of rotatable bonds is 6. The van der Waals surface area contributed by atoms with Gasteiger partial charge in [0.25, 0.3) is 5.91 Å². The van der Waals surface area contributed by atoms with Gasteiger partial charge in [-0.1, -0.05) is 6.07 Å². The van der Waals surface area contributed by atoms with Gasteiger partial charge in [0.15, 0.2) is 11.5 Å². The maximum absolute atomic E-state index is 12.8. The van der Waals surface area contributed by atoms with Crippen LogP contribution in [0.5, 0.6) is 11.5 Å². The van der Waals surface area contributed by atoms with Crippen molar-refractivity contribution in [2.75, 3.05) is 34.4 Å². The molecule has 3 atom stereocenters. The van der Waals surface area contributed by atoms with E-state index in [-0.39, 0.29) is 34.0 Å². The van der Waals surface area contributed by atoms with E-state index in [9.17, 15) is 31.1 Å². The van der Waals surface area contributed by atoms with Crippen molar-refractivity contribution in [2.24, 2.45) is 5.92 Å². The van der Waals surface area contributed by atoms with Gasteiger partial charge in [-0.15, -0.1) is 0 Å². The highest BCUT2D eigenvalue weighted by atomic mass is 32.2. The summed E-state index contributed by atoms with van der Waals surface area (Å²) < 4.78 is 80.3. The number of hydrogen-bond donors (Lipinski definition) is 2. The van der Waals surface area contributed by atoms with Crippen LogP contribution in [-0.2, 0) is 10.2 Å². The molecule has 226 valence electrons. The van der Waals surface area contributed by atoms with E-state index in [1.807, 2.05) is 6.07 Å². The Labute approximate surface area is 237 Å². The first-order valence-corrected chi connectivity index (χ1v) is 13.3. The van der Waals surface area contributed by atoms with Gasteiger partial charge in [-0.3, -0.25) is 4.79 Å². The van der Waals surface area contributed by atoms with Gasteiger partial charge in [0.05, 0.1) is 14.2 Å². The number of carboxylic acids is 1. The van der Waals surface area contributed by atoms with Crippen molar-refractivity contribution in [3.8, 4) is 11.5 Å². The number of carbonyl (C=O) groups is 2. The van der Waals surface area contributed by atoms with Crippen LogP contribution in [0.25, 0.3) is 0 Å². The van der Waals surface area contributed by atoms with Crippen molar-refractivity contribution in [1.29, 1.82) is 0 Å². The van der Waals surface area contributed by atoms with Crippen molar-refractivity contribution >= 4 is 23.6 Å². The highest BCUT2D eigenvalue weighted by molar-refractivity contribution is 8.00. The molecule has 0 unspecified atom stereocenters. The molecule has 1 aliphatic heterocycles. The number of carbonyl (C=O) groups excluding carboxylic acids is 1. The fourth-order valence-corrected chi connectivity index (χ4v) is 6.07. The molecule has 1 aliphatic carbocycles. The molecule has 0 radical (unpaired) electrons. The van der Waals surface area contributed by atoms with Crippen LogP contribution in [0.4, 0.5) is 26.3 Å². The zero-order chi connectivity index (χ0) is 30.6. The third-order valence-corrected chi connectivity index (χ3v) is 8.00. The third kappa shape index (κ3) is 8.22. The number of halogens is 6. The SMILES string of the molecule is COc1ccc([C@@]23CC[C@@H](NC(=O)c4ccc(SC(F)(F)F)cc4)C[C@@H]2CN(C)C3)cc1OC.O=C(O)C(F)(F)F. The van der Waals surface area contributed by atoms with Gasteiger partial charge in [-0.2, -0.15) is 26.3 Å². The summed E-state index contributed by atoms with van der Waals surface area (Å²) in [6.45, 7) is 1.87. The molecular weight excluding hydrogens is 578 g/mol. The fourth-order valence-electron chi connectivity index (χ4n) is 5.53. The van der Waals surface area contributed by atoms with Crippen molar-refractivity contribution < 1.29 is 50.5 Å². The summed E-state index contributed by atoms with van der Waals surface area (Å²) in [5, 5.41) is 10.2. The number of aliphatic carboxylic acids is 1. The van der Waals surface area contributed by atoms with Gasteiger partial charge in [0.2, 0.25) is 0 Å². The number of ether oxygens (including phenoxy) is 2. The standard InChI is InChI=1S/C25H29F3N2O3S.C2HF3O2/c1-30-14-18-12-19(29-23(31)16-4-7-20(8-5-16)34-25(26,27)28)10-11-24(18,15-30)17-6-9-21(32-2)22(13-17)33-3;3-2(4,5)1(6)7/h4-9,13,18-19H,10-12,14-15H2,1-3H3,(H,29,31);(H,6,7)/t18-,19-,24+;/m1./s1. The Morgan fingerprint density at radius 3 is 2.17 bits per heavy atom. The first kappa shape index (κ1) is 32.4. The predicted molar refractivity (Wildman–Crippen MR) is 139 cm³/mol. The van der Waals surface area contributed by atoms with Crippen LogP contribution in [0, 0.1) is 5.92 Å². The van der Waals surface area contributed by atoms with Crippen LogP contribution in [0.2, 0.25) is 0 Å². The van der Waals surface area contributed by atoms with E-state index in [1.165, 1.54) is 29.8 Å². The van der Waals surface area contributed by atoms with E-state index in [1.54, 1.807) is 14.2 Å². The number of fused-ring (bicyclic) bond motifs is 1. The minimum Gasteiger partial charge on any atom is -0.493 e. The zero-order valence-electron chi connectivity index (χ0n) is 22.4. The monoisotopic (exact) mass is 608 g/mol. The van der Waals surface area contributed by atoms with Gasteiger partial charge >= 0.3 is 17.7 Å². The quantitative estimate of drug-likeness (QED) is 0.320. The van der Waals surface area contributed by atoms with Crippen LogP contribution < -0.4 is 14.8 Å². The maximum atomic E-state index is 12.8. The second-order valence-corrected chi connectivity index (χ2v) is 11.1. The molecule has 7 nitrogen and oxygen atoms in total. The lowest BCUT2D eigenvalue weighted by molar-refractivity contribution is -0.192. The number of nitrogens with one attached hydrogen (secondary N) is 1. The van der Waals surface area contributed by atoms with Crippen molar-refractivity contribution in [2.45, 2.75) is 47.3 Å². The molecule has 2 aromatic carbocycles. The Bertz CT molecular complexity index is 1220. The van der Waals surface area contributed by atoms with Crippen molar-refractivity contribution in [3.05, 3.63) is 53.6 Å². The molecule has 1 saturated carbocycles. The lowest BCUT2D eigenvalue weighted by Crippen LogP contribution is -2.47. The second kappa shape index (κ2) is 12.8. The summed E-state index contributed by atoms with van der Waals surface area (Å²) in [6.07, 6.45) is -2.50. The van der Waals surface area contributed by atoms with Crippen molar-refractivity contribution in [1.82, 2.24) is 10.2 Å². The van der Waals surface area contributed by atoms with Crippen LogP contribution in [0.3, 0.4) is 0 Å². The number of alkyl halides is 6. The number of thioether (sulfide) groups is 1. The molecule has 2 aliphatic rings. The summed E-state index contributed by atoms with van der Waals surface area (Å²) in [6, 6.07) is 11.7. The second-order valence-electron chi connectivity index (χ2n) is 9.94. The van der Waals surface area contributed by atoms with E-state index in [4.69, 9.17) is 19.4 Å². The largest absolute Gasteiger partial charge is 0.493 e. The number of benzene rings is 2. The minimum absolute atomic E-state index is 0.0153. The summed E-state index contributed by atoms with van der Waals surface area (Å²) in [5.74, 6) is -1.23. The molecular formula is C27H30F6N2O5S. The Kier molecular flexibility index (Phi) is 10.1. The molecule has 2 fully saturated rings. The first-order chi connectivity index (χ1) is 19.1. The predicted octanol–water partition coefficient (Wildman–Crippen LogP) is 5.73. The summed E-state index contributed by atoms with van der Waals surface area (Å²) in [7, 11) is 5.38. The molecule has 4 rings (SSSR count). The topological polar surface area (TPSA) is 88.1 Å². The van der Waals surface area contributed by atoms with Crippen molar-refractivity contribution in [3.63, 3.8) is 0 Å². The van der Waals surface area contributed by atoms with E-state index in [0.717, 1.165) is 32.4 Å². The number of likely N-dealkylation sites (N-methyl/N-ethyl adjacent to an activating group) is 1. The minimum atomic E-state index is -5.08. The van der Waals surface area contributed by atoms with Crippen LogP contribution >= 0.6 is 11.8 Å². The molecule has 2 N–H and O–H groups in total. The number of hydrogen-bond acceptors (Lipinski definition) is 6. The summed E-state index contributed by atoms with van der Waals surface area (Å²) >= 11 is -0.183. The summed E-state index contributed by atoms with van der Waals surface area (Å²) in [4.78, 5) is 24.1. The Hall–Kier alpha value is -3.13. The highest BCUT2D eigenvalue weighted by Crippen LogP contribution is 2.49. The Balaban J connectivity index is 0.000000587. The molecule has 41 heavy (non-hydrogen) atoms. The number of nitrogens with zero attached hydrogens (tertiary/aromatic N) is 1. The average molecular weight is 609 g/mol. The van der Waals surface area contributed by atoms with Crippen LogP contribution in [0.1, 0.15) is 35.2 Å². The number of methoxy groups -OCH3 is 2. The lowest BCUT2D eigenvalue weighted by atomic mass is 9.63. The molecule has 14 heteroatoms. The Morgan fingerprint density at radius 1 is 1.02 bits per heavy atom. The molecule has 0 spiro atoms. The number of amides is 1. The molecule has 0 aromatic heterocycles. The normalized spacial score (nSPS) is 22.7. The fraction of sp³-hybridized carbons (Fsp3) is 0.481.